The SMILES string of the molecule is CCc1cc(CN2CC(C)OC(CN)C2)n(C)n1. The van der Waals surface area contributed by atoms with E-state index in [-0.39, 0.29) is 12.2 Å². The van der Waals surface area contributed by atoms with Crippen molar-refractivity contribution in [3.8, 4) is 0 Å². The molecule has 2 unspecified atom stereocenters. The summed E-state index contributed by atoms with van der Waals surface area (Å²) in [6, 6.07) is 2.19. The number of rotatable bonds is 4. The molecule has 0 amide bonds. The highest BCUT2D eigenvalue weighted by Crippen LogP contribution is 2.14. The maximum atomic E-state index is 5.77. The van der Waals surface area contributed by atoms with Crippen molar-refractivity contribution in [2.24, 2.45) is 12.8 Å². The van der Waals surface area contributed by atoms with E-state index in [1.807, 2.05) is 11.7 Å². The topological polar surface area (TPSA) is 56.3 Å². The Kier molecular flexibility index (Phi) is 4.37. The fourth-order valence-electron chi connectivity index (χ4n) is 2.52. The molecule has 2 N–H and O–H groups in total. The van der Waals surface area contributed by atoms with Gasteiger partial charge in [0.05, 0.1) is 23.6 Å². The van der Waals surface area contributed by atoms with Crippen molar-refractivity contribution < 1.29 is 4.74 Å². The molecule has 1 aliphatic heterocycles. The summed E-state index contributed by atoms with van der Waals surface area (Å²) in [5.74, 6) is 0. The molecule has 18 heavy (non-hydrogen) atoms. The van der Waals surface area contributed by atoms with Gasteiger partial charge in [-0.3, -0.25) is 9.58 Å². The number of ether oxygens (including phenoxy) is 1. The van der Waals surface area contributed by atoms with Crippen molar-refractivity contribution >= 4 is 0 Å². The largest absolute Gasteiger partial charge is 0.371 e. The van der Waals surface area contributed by atoms with E-state index in [9.17, 15) is 0 Å². The number of hydrogen-bond acceptors (Lipinski definition) is 4. The van der Waals surface area contributed by atoms with Crippen LogP contribution >= 0.6 is 0 Å². The first-order valence-corrected chi connectivity index (χ1v) is 6.72. The van der Waals surface area contributed by atoms with E-state index in [4.69, 9.17) is 10.5 Å². The molecule has 0 spiro atoms. The summed E-state index contributed by atoms with van der Waals surface area (Å²) in [6.45, 7) is 7.62. The zero-order chi connectivity index (χ0) is 13.1. The number of nitrogens with zero attached hydrogens (tertiary/aromatic N) is 3. The molecule has 2 rings (SSSR count). The number of aryl methyl sites for hydroxylation is 2. The summed E-state index contributed by atoms with van der Waals surface area (Å²) in [5, 5.41) is 4.49. The fourth-order valence-corrected chi connectivity index (χ4v) is 2.52. The second-order valence-electron chi connectivity index (χ2n) is 5.10. The van der Waals surface area contributed by atoms with Crippen LogP contribution in [-0.4, -0.2) is 46.5 Å². The molecule has 102 valence electrons. The third-order valence-corrected chi connectivity index (χ3v) is 3.44. The molecule has 0 bridgehead atoms. The first kappa shape index (κ1) is 13.5. The Hall–Kier alpha value is -0.910. The van der Waals surface area contributed by atoms with Crippen LogP contribution in [0.4, 0.5) is 0 Å². The Morgan fingerprint density at radius 2 is 2.28 bits per heavy atom. The molecule has 0 aromatic carbocycles. The van der Waals surface area contributed by atoms with Gasteiger partial charge in [0.2, 0.25) is 0 Å². The number of nitrogens with two attached hydrogens (primary N) is 1. The van der Waals surface area contributed by atoms with E-state index in [0.29, 0.717) is 6.54 Å². The Morgan fingerprint density at radius 1 is 1.50 bits per heavy atom. The second-order valence-corrected chi connectivity index (χ2v) is 5.10. The van der Waals surface area contributed by atoms with Crippen molar-refractivity contribution in [1.29, 1.82) is 0 Å². The van der Waals surface area contributed by atoms with E-state index in [1.165, 1.54) is 5.69 Å². The summed E-state index contributed by atoms with van der Waals surface area (Å²) in [7, 11) is 2.01. The average molecular weight is 252 g/mol. The minimum absolute atomic E-state index is 0.160. The maximum absolute atomic E-state index is 5.77. The normalized spacial score (nSPS) is 25.6. The van der Waals surface area contributed by atoms with Crippen LogP contribution in [0.5, 0.6) is 0 Å². The Bertz CT molecular complexity index is 390. The molecule has 5 heteroatoms. The lowest BCUT2D eigenvalue weighted by atomic mass is 10.2. The maximum Gasteiger partial charge on any atom is 0.0828 e. The smallest absolute Gasteiger partial charge is 0.0828 e. The van der Waals surface area contributed by atoms with Gasteiger partial charge in [0.15, 0.2) is 0 Å². The standard InChI is InChI=1S/C13H24N4O/c1-4-11-5-12(16(3)15-11)8-17-7-10(2)18-13(6-14)9-17/h5,10,13H,4,6-9,14H2,1-3H3. The third-order valence-electron chi connectivity index (χ3n) is 3.44. The van der Waals surface area contributed by atoms with Crippen LogP contribution in [0.1, 0.15) is 25.2 Å². The van der Waals surface area contributed by atoms with E-state index < -0.39 is 0 Å². The Morgan fingerprint density at radius 3 is 2.89 bits per heavy atom. The molecule has 1 aromatic heterocycles. The lowest BCUT2D eigenvalue weighted by Gasteiger charge is -2.36. The lowest BCUT2D eigenvalue weighted by Crippen LogP contribution is -2.48. The molecular formula is C13H24N4O. The molecule has 5 nitrogen and oxygen atoms in total. The van der Waals surface area contributed by atoms with Crippen LogP contribution < -0.4 is 5.73 Å². The molecule has 1 aliphatic rings. The van der Waals surface area contributed by atoms with Crippen LogP contribution in [0.15, 0.2) is 6.07 Å². The highest BCUT2D eigenvalue weighted by Gasteiger charge is 2.24. The zero-order valence-corrected chi connectivity index (χ0v) is 11.6. The third kappa shape index (κ3) is 3.10. The van der Waals surface area contributed by atoms with Crippen molar-refractivity contribution in [3.63, 3.8) is 0 Å². The number of aromatic nitrogens is 2. The highest BCUT2D eigenvalue weighted by molar-refractivity contribution is 5.10. The van der Waals surface area contributed by atoms with Gasteiger partial charge in [-0.25, -0.2) is 0 Å². The predicted octanol–water partition coefficient (Wildman–Crippen LogP) is 0.531. The van der Waals surface area contributed by atoms with Crippen molar-refractivity contribution in [1.82, 2.24) is 14.7 Å². The molecule has 1 fully saturated rings. The monoisotopic (exact) mass is 252 g/mol. The molecule has 0 radical (unpaired) electrons. The van der Waals surface area contributed by atoms with Crippen molar-refractivity contribution in [3.05, 3.63) is 17.5 Å². The van der Waals surface area contributed by atoms with Gasteiger partial charge in [-0.2, -0.15) is 5.10 Å². The average Bonchev–Trinajstić information content (AvgIpc) is 2.69. The molecule has 0 aliphatic carbocycles. The minimum Gasteiger partial charge on any atom is -0.371 e. The molecule has 1 saturated heterocycles. The minimum atomic E-state index is 0.160. The number of morpholine rings is 1. The van der Waals surface area contributed by atoms with Gasteiger partial charge in [0, 0.05) is 33.2 Å². The highest BCUT2D eigenvalue weighted by atomic mass is 16.5. The summed E-state index contributed by atoms with van der Waals surface area (Å²) >= 11 is 0. The van der Waals surface area contributed by atoms with Crippen LogP contribution in [0.25, 0.3) is 0 Å². The fraction of sp³-hybridized carbons (Fsp3) is 0.769. The van der Waals surface area contributed by atoms with Gasteiger partial charge >= 0.3 is 0 Å². The van der Waals surface area contributed by atoms with E-state index >= 15 is 0 Å². The quantitative estimate of drug-likeness (QED) is 0.849. The van der Waals surface area contributed by atoms with Crippen LogP contribution in [0, 0.1) is 0 Å². The van der Waals surface area contributed by atoms with Gasteiger partial charge in [0.25, 0.3) is 0 Å². The van der Waals surface area contributed by atoms with Gasteiger partial charge < -0.3 is 10.5 Å². The van der Waals surface area contributed by atoms with Gasteiger partial charge in [-0.1, -0.05) is 6.92 Å². The van der Waals surface area contributed by atoms with E-state index in [2.05, 4.69) is 29.9 Å². The van der Waals surface area contributed by atoms with Crippen molar-refractivity contribution in [2.75, 3.05) is 19.6 Å². The van der Waals surface area contributed by atoms with E-state index in [1.54, 1.807) is 0 Å². The Labute approximate surface area is 109 Å². The van der Waals surface area contributed by atoms with Gasteiger partial charge in [-0.15, -0.1) is 0 Å². The van der Waals surface area contributed by atoms with Crippen LogP contribution in [-0.2, 0) is 24.8 Å². The summed E-state index contributed by atoms with van der Waals surface area (Å²) in [4.78, 5) is 2.40. The molecule has 2 heterocycles. The summed E-state index contributed by atoms with van der Waals surface area (Å²) in [5.41, 5.74) is 8.12. The number of hydrogen-bond donors (Lipinski definition) is 1. The van der Waals surface area contributed by atoms with Crippen molar-refractivity contribution in [2.45, 2.75) is 39.0 Å². The summed E-state index contributed by atoms with van der Waals surface area (Å²) < 4.78 is 7.75. The van der Waals surface area contributed by atoms with Gasteiger partial charge in [-0.05, 0) is 19.4 Å². The molecule has 2 atom stereocenters. The molecular weight excluding hydrogens is 228 g/mol. The molecule has 0 saturated carbocycles. The molecule has 1 aromatic rings. The van der Waals surface area contributed by atoms with Gasteiger partial charge in [0.1, 0.15) is 0 Å². The Balaban J connectivity index is 2.01. The first-order chi connectivity index (χ1) is 8.62. The lowest BCUT2D eigenvalue weighted by molar-refractivity contribution is -0.0750. The van der Waals surface area contributed by atoms with Crippen LogP contribution in [0.2, 0.25) is 0 Å². The second kappa shape index (κ2) is 5.82. The first-order valence-electron chi connectivity index (χ1n) is 6.72. The van der Waals surface area contributed by atoms with Crippen LogP contribution in [0.3, 0.4) is 0 Å². The predicted molar refractivity (Wildman–Crippen MR) is 71.3 cm³/mol. The summed E-state index contributed by atoms with van der Waals surface area (Å²) in [6.07, 6.45) is 1.40. The zero-order valence-electron chi connectivity index (χ0n) is 11.6. The van der Waals surface area contributed by atoms with E-state index in [0.717, 1.165) is 31.7 Å².